The van der Waals surface area contributed by atoms with Crippen LogP contribution in [0.25, 0.3) is 0 Å². The van der Waals surface area contributed by atoms with E-state index in [-0.39, 0.29) is 42.4 Å². The Morgan fingerprint density at radius 2 is 1.71 bits per heavy atom. The van der Waals surface area contributed by atoms with Crippen molar-refractivity contribution in [3.63, 3.8) is 0 Å². The summed E-state index contributed by atoms with van der Waals surface area (Å²) in [4.78, 5) is 45.5. The van der Waals surface area contributed by atoms with Crippen molar-refractivity contribution in [1.82, 2.24) is 10.2 Å². The molecular weight excluding hydrogens is 504 g/mol. The van der Waals surface area contributed by atoms with Gasteiger partial charge >= 0.3 is 18.1 Å². The van der Waals surface area contributed by atoms with Crippen LogP contribution in [0.5, 0.6) is 0 Å². The Balaban J connectivity index is 0.000000718. The molecule has 1 fully saturated rings. The predicted octanol–water partition coefficient (Wildman–Crippen LogP) is 3.34. The SMILES string of the molecule is C[C@@H](c1ccc(F)cc1)N1CC(C(=O)NCCSSCCC(=O)O)CC1=O.O=C(O)C(F)(F)F. The number of carboxylic acids is 2. The maximum Gasteiger partial charge on any atom is 0.490 e. The Labute approximate surface area is 200 Å². The molecule has 1 aliphatic rings. The molecule has 0 aliphatic carbocycles. The maximum absolute atomic E-state index is 13.1. The second kappa shape index (κ2) is 14.0. The second-order valence-corrected chi connectivity index (χ2v) is 9.76. The van der Waals surface area contributed by atoms with Crippen LogP contribution < -0.4 is 5.32 Å². The first kappa shape index (κ1) is 29.6. The highest BCUT2D eigenvalue weighted by atomic mass is 33.1. The topological polar surface area (TPSA) is 124 Å². The van der Waals surface area contributed by atoms with E-state index in [9.17, 15) is 31.9 Å². The maximum atomic E-state index is 13.1. The number of alkyl halides is 3. The van der Waals surface area contributed by atoms with Crippen LogP contribution >= 0.6 is 21.6 Å². The van der Waals surface area contributed by atoms with E-state index < -0.39 is 18.1 Å². The molecule has 0 aromatic heterocycles. The number of benzene rings is 1. The molecule has 2 amide bonds. The molecule has 14 heteroatoms. The minimum Gasteiger partial charge on any atom is -0.481 e. The molecule has 1 unspecified atom stereocenters. The first-order valence-corrected chi connectivity index (χ1v) is 12.4. The standard InChI is InChI=1S/C18H23FN2O4S2.C2HF3O2/c1-12(13-2-4-15(19)5-3-13)21-11-14(10-16(21)22)18(25)20-7-9-27-26-8-6-17(23)24;3-2(4,5)1(6)7/h2-5,12,14H,6-11H2,1H3,(H,20,25)(H,23,24);(H,6,7)/t12-,14?;/m0./s1. The summed E-state index contributed by atoms with van der Waals surface area (Å²) < 4.78 is 44.8. The quantitative estimate of drug-likeness (QED) is 0.240. The van der Waals surface area contributed by atoms with Crippen molar-refractivity contribution < 1.29 is 47.0 Å². The van der Waals surface area contributed by atoms with Crippen LogP contribution in [-0.4, -0.2) is 69.6 Å². The van der Waals surface area contributed by atoms with Gasteiger partial charge in [-0.25, -0.2) is 9.18 Å². The molecule has 1 saturated heterocycles. The van der Waals surface area contributed by atoms with Crippen LogP contribution in [0.3, 0.4) is 0 Å². The molecule has 3 N–H and O–H groups in total. The first-order valence-electron chi connectivity index (χ1n) is 9.91. The van der Waals surface area contributed by atoms with E-state index in [1.165, 1.54) is 33.7 Å². The van der Waals surface area contributed by atoms with Crippen molar-refractivity contribution in [2.75, 3.05) is 24.6 Å². The third kappa shape index (κ3) is 10.6. The minimum absolute atomic E-state index is 0.0782. The number of carbonyl (C=O) groups is 4. The molecule has 2 rings (SSSR count). The Kier molecular flexibility index (Phi) is 12.2. The zero-order valence-corrected chi connectivity index (χ0v) is 19.6. The smallest absolute Gasteiger partial charge is 0.481 e. The van der Waals surface area contributed by atoms with Crippen LogP contribution in [0.1, 0.15) is 31.4 Å². The van der Waals surface area contributed by atoms with Crippen LogP contribution in [0.2, 0.25) is 0 Å². The summed E-state index contributed by atoms with van der Waals surface area (Å²) in [5.41, 5.74) is 0.834. The number of likely N-dealkylation sites (tertiary alicyclic amines) is 1. The summed E-state index contributed by atoms with van der Waals surface area (Å²) in [7, 11) is 2.98. The highest BCUT2D eigenvalue weighted by Gasteiger charge is 2.38. The van der Waals surface area contributed by atoms with E-state index in [0.717, 1.165) is 5.56 Å². The molecule has 0 bridgehead atoms. The lowest BCUT2D eigenvalue weighted by Gasteiger charge is -2.25. The lowest BCUT2D eigenvalue weighted by Crippen LogP contribution is -2.34. The number of halogens is 4. The Morgan fingerprint density at radius 1 is 1.15 bits per heavy atom. The first-order chi connectivity index (χ1) is 15.8. The molecule has 0 radical (unpaired) electrons. The van der Waals surface area contributed by atoms with Gasteiger partial charge in [-0.2, -0.15) is 13.2 Å². The number of nitrogens with zero attached hydrogens (tertiary/aromatic N) is 1. The Hall–Kier alpha value is -2.48. The van der Waals surface area contributed by atoms with Crippen molar-refractivity contribution in [1.29, 1.82) is 0 Å². The van der Waals surface area contributed by atoms with Gasteiger partial charge in [0.25, 0.3) is 0 Å². The minimum atomic E-state index is -5.08. The van der Waals surface area contributed by atoms with Gasteiger partial charge in [-0.15, -0.1) is 0 Å². The average molecular weight is 529 g/mol. The molecule has 34 heavy (non-hydrogen) atoms. The van der Waals surface area contributed by atoms with Crippen LogP contribution in [0.4, 0.5) is 17.6 Å². The Morgan fingerprint density at radius 3 is 2.24 bits per heavy atom. The number of carboxylic acid groups (broad SMARTS) is 2. The molecular formula is C20H24F4N2O6S2. The number of hydrogen-bond acceptors (Lipinski definition) is 6. The molecule has 0 saturated carbocycles. The number of amides is 2. The number of rotatable bonds is 10. The molecule has 0 spiro atoms. The van der Waals surface area contributed by atoms with E-state index in [2.05, 4.69) is 5.32 Å². The number of nitrogens with one attached hydrogen (secondary N) is 1. The van der Waals surface area contributed by atoms with E-state index in [0.29, 0.717) is 24.6 Å². The van der Waals surface area contributed by atoms with Crippen LogP contribution in [0.15, 0.2) is 24.3 Å². The van der Waals surface area contributed by atoms with Crippen molar-refractivity contribution in [3.8, 4) is 0 Å². The van der Waals surface area contributed by atoms with Gasteiger partial charge in [-0.1, -0.05) is 33.7 Å². The molecule has 1 aromatic rings. The third-order valence-corrected chi connectivity index (χ3v) is 6.97. The highest BCUT2D eigenvalue weighted by Crippen LogP contribution is 2.29. The molecule has 2 atom stereocenters. The Bertz CT molecular complexity index is 854. The van der Waals surface area contributed by atoms with E-state index in [4.69, 9.17) is 15.0 Å². The van der Waals surface area contributed by atoms with Gasteiger partial charge in [-0.05, 0) is 24.6 Å². The van der Waals surface area contributed by atoms with Gasteiger partial charge in [0.2, 0.25) is 11.8 Å². The lowest BCUT2D eigenvalue weighted by molar-refractivity contribution is -0.192. The largest absolute Gasteiger partial charge is 0.490 e. The lowest BCUT2D eigenvalue weighted by atomic mass is 10.1. The van der Waals surface area contributed by atoms with E-state index in [1.54, 1.807) is 17.0 Å². The fraction of sp³-hybridized carbons (Fsp3) is 0.500. The van der Waals surface area contributed by atoms with Crippen LogP contribution in [0, 0.1) is 11.7 Å². The van der Waals surface area contributed by atoms with Gasteiger partial charge < -0.3 is 20.4 Å². The molecule has 1 heterocycles. The number of aliphatic carboxylic acids is 2. The third-order valence-electron chi connectivity index (χ3n) is 4.56. The summed E-state index contributed by atoms with van der Waals surface area (Å²) in [5.74, 6) is -3.30. The molecule has 1 aromatic carbocycles. The van der Waals surface area contributed by atoms with Crippen molar-refractivity contribution in [3.05, 3.63) is 35.6 Å². The number of carbonyl (C=O) groups excluding carboxylic acids is 2. The highest BCUT2D eigenvalue weighted by molar-refractivity contribution is 8.76. The molecule has 1 aliphatic heterocycles. The van der Waals surface area contributed by atoms with Crippen LogP contribution in [-0.2, 0) is 19.2 Å². The van der Waals surface area contributed by atoms with E-state index in [1.807, 2.05) is 6.92 Å². The predicted molar refractivity (Wildman–Crippen MR) is 119 cm³/mol. The van der Waals surface area contributed by atoms with Crippen molar-refractivity contribution >= 4 is 45.3 Å². The second-order valence-electron chi connectivity index (χ2n) is 7.06. The van der Waals surface area contributed by atoms with E-state index >= 15 is 0 Å². The van der Waals surface area contributed by atoms with Gasteiger partial charge in [0.05, 0.1) is 18.4 Å². The average Bonchev–Trinajstić information content (AvgIpc) is 3.14. The number of hydrogen-bond donors (Lipinski definition) is 3. The van der Waals surface area contributed by atoms with Gasteiger partial charge in [0, 0.05) is 31.0 Å². The monoisotopic (exact) mass is 528 g/mol. The summed E-state index contributed by atoms with van der Waals surface area (Å²) in [6.07, 6.45) is -4.78. The zero-order valence-electron chi connectivity index (χ0n) is 18.0. The molecule has 8 nitrogen and oxygen atoms in total. The fourth-order valence-electron chi connectivity index (χ4n) is 2.81. The fourth-order valence-corrected chi connectivity index (χ4v) is 4.70. The molecule has 190 valence electrons. The summed E-state index contributed by atoms with van der Waals surface area (Å²) in [6, 6.07) is 5.82. The zero-order chi connectivity index (χ0) is 25.9. The van der Waals surface area contributed by atoms with Crippen molar-refractivity contribution in [2.45, 2.75) is 32.0 Å². The normalized spacial score (nSPS) is 16.4. The van der Waals surface area contributed by atoms with Gasteiger partial charge in [-0.3, -0.25) is 14.4 Å². The van der Waals surface area contributed by atoms with Crippen molar-refractivity contribution in [2.24, 2.45) is 5.92 Å². The van der Waals surface area contributed by atoms with Gasteiger partial charge in [0.1, 0.15) is 5.82 Å². The van der Waals surface area contributed by atoms with Gasteiger partial charge in [0.15, 0.2) is 0 Å². The summed E-state index contributed by atoms with van der Waals surface area (Å²) >= 11 is 0. The summed E-state index contributed by atoms with van der Waals surface area (Å²) in [6.45, 7) is 2.70. The summed E-state index contributed by atoms with van der Waals surface area (Å²) in [5, 5.41) is 18.5.